The van der Waals surface area contributed by atoms with E-state index >= 15 is 0 Å². The Balaban J connectivity index is 1.12. The molecule has 0 amide bonds. The highest BCUT2D eigenvalue weighted by molar-refractivity contribution is 7.00. The molecular weight excluding hydrogens is 753 g/mol. The van der Waals surface area contributed by atoms with Crippen LogP contribution in [0.25, 0.3) is 33.1 Å². The highest BCUT2D eigenvalue weighted by Gasteiger charge is 2.45. The molecule has 0 bridgehead atoms. The summed E-state index contributed by atoms with van der Waals surface area (Å²) in [7, 11) is 0. The summed E-state index contributed by atoms with van der Waals surface area (Å²) < 4.78 is 95.5. The van der Waals surface area contributed by atoms with Gasteiger partial charge in [-0.25, -0.2) is 0 Å². The fourth-order valence-electron chi connectivity index (χ4n) is 10.4. The number of furan rings is 1. The van der Waals surface area contributed by atoms with Crippen LogP contribution < -0.4 is 31.1 Å². The van der Waals surface area contributed by atoms with Gasteiger partial charge in [0.1, 0.15) is 11.2 Å². The van der Waals surface area contributed by atoms with E-state index in [4.69, 9.17) is 12.6 Å². The first-order chi connectivity index (χ1) is 34.7. The van der Waals surface area contributed by atoms with E-state index in [2.05, 4.69) is 121 Å². The molecule has 3 heterocycles. The van der Waals surface area contributed by atoms with Crippen molar-refractivity contribution < 1.29 is 18.1 Å². The van der Waals surface area contributed by atoms with Crippen LogP contribution in [0, 0.1) is 0 Å². The molecule has 0 atom stereocenters. The van der Waals surface area contributed by atoms with Crippen LogP contribution in [0.2, 0.25) is 0 Å². The summed E-state index contributed by atoms with van der Waals surface area (Å²) in [5.41, 5.74) is 13.4. The standard InChI is InChI=1S/C57H40BN3O/c1-57(2)44-23-11-9-22-43(44)55-45(57)24-15-27-49(55)61-51-29-16-28-50-56(51)58(47-34-32-39(35-52(47)61)59(37-17-5-3-6-18-37)38-19-7-4-8-20-38)46-25-12-13-26-48(46)60(50)40-31-33-42-41-21-10-14-30-53(41)62-54(42)36-40/h3-36H,1-2H3/i3D,4D,5D,6D,7D,8D,17D,18D,19D,20D. The second-order valence-electron chi connectivity index (χ2n) is 16.5. The number of anilines is 9. The van der Waals surface area contributed by atoms with Gasteiger partial charge in [-0.1, -0.05) is 135 Å². The Morgan fingerprint density at radius 3 is 1.95 bits per heavy atom. The number of hydrogen-bond acceptors (Lipinski definition) is 4. The topological polar surface area (TPSA) is 22.9 Å². The predicted octanol–water partition coefficient (Wildman–Crippen LogP) is 13.4. The van der Waals surface area contributed by atoms with Gasteiger partial charge in [0.2, 0.25) is 0 Å². The van der Waals surface area contributed by atoms with Gasteiger partial charge in [0.25, 0.3) is 6.71 Å². The molecule has 9 aromatic carbocycles. The maximum absolute atomic E-state index is 9.25. The van der Waals surface area contributed by atoms with Crippen LogP contribution in [0.15, 0.2) is 210 Å². The third-order valence-corrected chi connectivity index (χ3v) is 13.0. The average Bonchev–Trinajstić information content (AvgIpc) is 3.89. The van der Waals surface area contributed by atoms with Crippen molar-refractivity contribution in [1.29, 1.82) is 0 Å². The number of hydrogen-bond donors (Lipinski definition) is 0. The van der Waals surface area contributed by atoms with Gasteiger partial charge >= 0.3 is 0 Å². The quantitative estimate of drug-likeness (QED) is 0.162. The average molecular weight is 804 g/mol. The lowest BCUT2D eigenvalue weighted by molar-refractivity contribution is 0.660. The first kappa shape index (κ1) is 26.5. The molecule has 0 unspecified atom stereocenters. The van der Waals surface area contributed by atoms with Gasteiger partial charge in [0, 0.05) is 73.3 Å². The minimum Gasteiger partial charge on any atom is -0.456 e. The molecule has 2 aliphatic heterocycles. The van der Waals surface area contributed by atoms with E-state index in [1.165, 1.54) is 10.5 Å². The zero-order valence-electron chi connectivity index (χ0n) is 43.7. The second-order valence-corrected chi connectivity index (χ2v) is 16.5. The lowest BCUT2D eigenvalue weighted by Crippen LogP contribution is -2.61. The molecule has 0 N–H and O–H groups in total. The summed E-state index contributed by atoms with van der Waals surface area (Å²) in [6.45, 7) is 4.11. The monoisotopic (exact) mass is 803 g/mol. The van der Waals surface area contributed by atoms with E-state index in [9.17, 15) is 5.48 Å². The molecule has 0 saturated carbocycles. The zero-order valence-corrected chi connectivity index (χ0v) is 33.7. The van der Waals surface area contributed by atoms with E-state index in [1.807, 2.05) is 42.5 Å². The van der Waals surface area contributed by atoms with Crippen LogP contribution in [0.5, 0.6) is 0 Å². The predicted molar refractivity (Wildman–Crippen MR) is 260 cm³/mol. The van der Waals surface area contributed by atoms with Gasteiger partial charge in [-0.3, -0.25) is 0 Å². The minimum atomic E-state index is -0.631. The van der Waals surface area contributed by atoms with Gasteiger partial charge in [-0.2, -0.15) is 0 Å². The molecule has 62 heavy (non-hydrogen) atoms. The Labute approximate surface area is 375 Å². The Morgan fingerprint density at radius 2 is 1.13 bits per heavy atom. The van der Waals surface area contributed by atoms with Crippen molar-refractivity contribution >= 4 is 96.2 Å². The van der Waals surface area contributed by atoms with E-state index < -0.39 is 60.4 Å². The van der Waals surface area contributed by atoms with Crippen LogP contribution in [0.4, 0.5) is 51.2 Å². The van der Waals surface area contributed by atoms with Crippen molar-refractivity contribution in [2.45, 2.75) is 19.3 Å². The maximum atomic E-state index is 9.25. The lowest BCUT2D eigenvalue weighted by Gasteiger charge is -2.44. The van der Waals surface area contributed by atoms with E-state index in [-0.39, 0.29) is 29.2 Å². The third kappa shape index (κ3) is 4.91. The Hall–Kier alpha value is -7.76. The summed E-state index contributed by atoms with van der Waals surface area (Å²) in [5.74, 6) is 0. The molecule has 4 nitrogen and oxygen atoms in total. The molecular formula is C57H40BN3O. The largest absolute Gasteiger partial charge is 0.456 e. The molecule has 0 radical (unpaired) electrons. The summed E-state index contributed by atoms with van der Waals surface area (Å²) >= 11 is 0. The smallest absolute Gasteiger partial charge is 0.252 e. The summed E-state index contributed by atoms with van der Waals surface area (Å²) in [6, 6.07) is 43.3. The first-order valence-corrected chi connectivity index (χ1v) is 20.7. The second kappa shape index (κ2) is 13.1. The van der Waals surface area contributed by atoms with Gasteiger partial charge in [-0.05, 0) is 112 Å². The Bertz CT molecular complexity index is 3920. The molecule has 292 valence electrons. The third-order valence-electron chi connectivity index (χ3n) is 13.0. The summed E-state index contributed by atoms with van der Waals surface area (Å²) in [5, 5.41) is 2.06. The lowest BCUT2D eigenvalue weighted by atomic mass is 9.33. The summed E-state index contributed by atoms with van der Waals surface area (Å²) in [4.78, 5) is 5.77. The van der Waals surface area contributed by atoms with Gasteiger partial charge < -0.3 is 19.1 Å². The molecule has 13 rings (SSSR count). The highest BCUT2D eigenvalue weighted by Crippen LogP contribution is 2.55. The molecule has 10 aromatic rings. The van der Waals surface area contributed by atoms with Crippen molar-refractivity contribution in [3.8, 4) is 11.1 Å². The summed E-state index contributed by atoms with van der Waals surface area (Å²) in [6.07, 6.45) is 0. The molecule has 0 spiro atoms. The maximum Gasteiger partial charge on any atom is 0.252 e. The number of nitrogens with zero attached hydrogens (tertiary/aromatic N) is 3. The zero-order chi connectivity index (χ0) is 49.8. The van der Waals surface area contributed by atoms with Crippen LogP contribution in [-0.4, -0.2) is 6.71 Å². The Kier molecular flexibility index (Phi) is 5.60. The number of para-hydroxylation sites is 4. The van der Waals surface area contributed by atoms with Gasteiger partial charge in [0.05, 0.1) is 19.4 Å². The number of benzene rings is 9. The molecule has 0 saturated heterocycles. The first-order valence-electron chi connectivity index (χ1n) is 25.7. The normalized spacial score (nSPS) is 16.3. The Morgan fingerprint density at radius 1 is 0.500 bits per heavy atom. The van der Waals surface area contributed by atoms with Crippen molar-refractivity contribution in [3.63, 3.8) is 0 Å². The van der Waals surface area contributed by atoms with Crippen molar-refractivity contribution in [3.05, 3.63) is 217 Å². The fraction of sp³-hybridized carbons (Fsp3) is 0.0526. The number of rotatable bonds is 5. The van der Waals surface area contributed by atoms with Crippen LogP contribution in [0.3, 0.4) is 0 Å². The van der Waals surface area contributed by atoms with Crippen molar-refractivity contribution in [1.82, 2.24) is 0 Å². The van der Waals surface area contributed by atoms with Gasteiger partial charge in [0.15, 0.2) is 0 Å². The minimum absolute atomic E-state index is 0.216. The molecule has 1 aromatic heterocycles. The van der Waals surface area contributed by atoms with Crippen molar-refractivity contribution in [2.75, 3.05) is 14.7 Å². The van der Waals surface area contributed by atoms with Gasteiger partial charge in [-0.15, -0.1) is 0 Å². The van der Waals surface area contributed by atoms with Crippen LogP contribution in [0.1, 0.15) is 38.7 Å². The van der Waals surface area contributed by atoms with E-state index in [1.54, 1.807) is 6.07 Å². The fourth-order valence-corrected chi connectivity index (χ4v) is 10.4. The molecule has 0 fully saturated rings. The molecule has 5 heteroatoms. The van der Waals surface area contributed by atoms with E-state index in [0.29, 0.717) is 5.69 Å². The highest BCUT2D eigenvalue weighted by atomic mass is 16.3. The number of fused-ring (bicyclic) bond motifs is 10. The van der Waals surface area contributed by atoms with Crippen LogP contribution in [-0.2, 0) is 5.41 Å². The van der Waals surface area contributed by atoms with E-state index in [0.717, 1.165) is 83.5 Å². The molecule has 1 aliphatic carbocycles. The molecule has 3 aliphatic rings. The SMILES string of the molecule is [2H]c1c([2H])c([2H])c(N(c2ccc3c(c2)N(c2cccc4c2-c2ccccc2C4(C)C)c2cccc4c2B3c2ccccc2N4c2ccc3c(c2)oc2ccccc23)c2c([2H])c([2H])c([2H])c([2H])c2[2H])c([2H])c1[2H]. The van der Waals surface area contributed by atoms with Crippen LogP contribution >= 0.6 is 0 Å². The van der Waals surface area contributed by atoms with Crippen molar-refractivity contribution in [2.24, 2.45) is 0 Å².